The Balaban J connectivity index is 2.00. The lowest BCUT2D eigenvalue weighted by molar-refractivity contribution is -0.150. The van der Waals surface area contributed by atoms with E-state index in [9.17, 15) is 9.90 Å². The first-order chi connectivity index (χ1) is 10.4. The Morgan fingerprint density at radius 3 is 2.64 bits per heavy atom. The fourth-order valence-electron chi connectivity index (χ4n) is 4.03. The first-order valence-corrected chi connectivity index (χ1v) is 8.12. The maximum atomic E-state index is 12.4. The number of ether oxygens (including phenoxy) is 1. The molecule has 2 aliphatic heterocycles. The van der Waals surface area contributed by atoms with Gasteiger partial charge < -0.3 is 9.84 Å². The maximum Gasteiger partial charge on any atom is 0.310 e. The van der Waals surface area contributed by atoms with Gasteiger partial charge in [0.25, 0.3) is 0 Å². The van der Waals surface area contributed by atoms with Gasteiger partial charge in [0.2, 0.25) is 0 Å². The van der Waals surface area contributed by atoms with Crippen molar-refractivity contribution in [1.29, 1.82) is 0 Å². The predicted octanol–water partition coefficient (Wildman–Crippen LogP) is 2.70. The molecule has 6 heteroatoms. The van der Waals surface area contributed by atoms with E-state index in [1.807, 2.05) is 19.2 Å². The monoisotopic (exact) mass is 343 g/mol. The Morgan fingerprint density at radius 1 is 1.27 bits per heavy atom. The quantitative estimate of drug-likeness (QED) is 0.838. The summed E-state index contributed by atoms with van der Waals surface area (Å²) in [6.07, 6.45) is 0.889. The van der Waals surface area contributed by atoms with Crippen molar-refractivity contribution in [2.75, 3.05) is 14.2 Å². The summed E-state index contributed by atoms with van der Waals surface area (Å²) in [5, 5.41) is 11.2. The van der Waals surface area contributed by atoms with Crippen molar-refractivity contribution in [3.05, 3.63) is 33.8 Å². The predicted molar refractivity (Wildman–Crippen MR) is 85.3 cm³/mol. The Kier molecular flexibility index (Phi) is 4.38. The molecule has 0 aromatic heterocycles. The molecule has 2 aliphatic rings. The molecule has 0 radical (unpaired) electrons. The number of aliphatic hydroxyl groups is 1. The molecule has 120 valence electrons. The molecule has 0 spiro atoms. The molecule has 5 atom stereocenters. The molecule has 2 bridgehead atoms. The third-order valence-electron chi connectivity index (χ3n) is 5.16. The number of fused-ring (bicyclic) bond motifs is 2. The minimum absolute atomic E-state index is 0.0133. The van der Waals surface area contributed by atoms with E-state index in [0.29, 0.717) is 22.9 Å². The third kappa shape index (κ3) is 2.52. The van der Waals surface area contributed by atoms with Crippen LogP contribution in [0.1, 0.15) is 24.3 Å². The van der Waals surface area contributed by atoms with Gasteiger partial charge >= 0.3 is 5.97 Å². The Bertz CT molecular complexity index is 595. The molecule has 0 unspecified atom stereocenters. The van der Waals surface area contributed by atoms with Crippen molar-refractivity contribution in [1.82, 2.24) is 4.90 Å². The van der Waals surface area contributed by atoms with Gasteiger partial charge in [0, 0.05) is 18.0 Å². The number of rotatable bonds is 2. The first kappa shape index (κ1) is 16.1. The second-order valence-electron chi connectivity index (χ2n) is 6.17. The van der Waals surface area contributed by atoms with Crippen LogP contribution < -0.4 is 0 Å². The minimum atomic E-state index is -0.407. The van der Waals surface area contributed by atoms with Crippen LogP contribution in [0.15, 0.2) is 18.2 Å². The molecule has 4 nitrogen and oxygen atoms in total. The summed E-state index contributed by atoms with van der Waals surface area (Å²) in [7, 11) is 3.37. The van der Waals surface area contributed by atoms with Crippen LogP contribution in [0.5, 0.6) is 0 Å². The van der Waals surface area contributed by atoms with Gasteiger partial charge in [-0.15, -0.1) is 0 Å². The van der Waals surface area contributed by atoms with Crippen molar-refractivity contribution < 1.29 is 14.6 Å². The number of hydrogen-bond donors (Lipinski definition) is 1. The number of likely N-dealkylation sites (N-methyl/N-ethyl adjacent to an activating group) is 1. The lowest BCUT2D eigenvalue weighted by Crippen LogP contribution is -2.49. The van der Waals surface area contributed by atoms with E-state index in [4.69, 9.17) is 27.9 Å². The highest BCUT2D eigenvalue weighted by Gasteiger charge is 2.53. The van der Waals surface area contributed by atoms with Crippen molar-refractivity contribution in [3.63, 3.8) is 0 Å². The largest absolute Gasteiger partial charge is 0.469 e. The van der Waals surface area contributed by atoms with E-state index in [-0.39, 0.29) is 29.9 Å². The highest BCUT2D eigenvalue weighted by Crippen LogP contribution is 2.47. The highest BCUT2D eigenvalue weighted by molar-refractivity contribution is 6.42. The molecule has 2 fully saturated rings. The third-order valence-corrected chi connectivity index (χ3v) is 5.90. The molecule has 1 N–H and O–H groups in total. The number of esters is 1. The summed E-state index contributed by atoms with van der Waals surface area (Å²) in [5.74, 6) is -0.563. The van der Waals surface area contributed by atoms with Crippen molar-refractivity contribution in [2.24, 2.45) is 5.92 Å². The van der Waals surface area contributed by atoms with Crippen molar-refractivity contribution in [3.8, 4) is 0 Å². The SMILES string of the molecule is COC(=O)[C@H]1[C@@H](c2ccc(Cl)c(Cl)c2)C[C@@H]2[C@@H](O)C[C@H]1N2C. The summed E-state index contributed by atoms with van der Waals surface area (Å²) >= 11 is 12.1. The molecule has 0 saturated carbocycles. The summed E-state index contributed by atoms with van der Waals surface area (Å²) < 4.78 is 5.02. The summed E-state index contributed by atoms with van der Waals surface area (Å²) in [6, 6.07) is 5.53. The topological polar surface area (TPSA) is 49.8 Å². The van der Waals surface area contributed by atoms with E-state index < -0.39 is 6.10 Å². The number of carbonyl (C=O) groups excluding carboxylic acids is 1. The van der Waals surface area contributed by atoms with Crippen LogP contribution in [-0.4, -0.2) is 48.3 Å². The molecular formula is C16H19Cl2NO3. The number of hydrogen-bond acceptors (Lipinski definition) is 4. The minimum Gasteiger partial charge on any atom is -0.469 e. The van der Waals surface area contributed by atoms with Crippen molar-refractivity contribution >= 4 is 29.2 Å². The molecule has 1 aromatic rings. The fraction of sp³-hybridized carbons (Fsp3) is 0.562. The van der Waals surface area contributed by atoms with Crippen molar-refractivity contribution in [2.45, 2.75) is 36.9 Å². The average Bonchev–Trinajstić information content (AvgIpc) is 2.68. The van der Waals surface area contributed by atoms with Crippen LogP contribution in [-0.2, 0) is 9.53 Å². The van der Waals surface area contributed by atoms with Crippen LogP contribution in [0.3, 0.4) is 0 Å². The number of methoxy groups -OCH3 is 1. The Morgan fingerprint density at radius 2 is 2.00 bits per heavy atom. The second-order valence-corrected chi connectivity index (χ2v) is 6.98. The molecular weight excluding hydrogens is 325 g/mol. The van der Waals surface area contributed by atoms with Gasteiger partial charge in [0.1, 0.15) is 0 Å². The molecule has 2 saturated heterocycles. The van der Waals surface area contributed by atoms with Gasteiger partial charge in [0.15, 0.2) is 0 Å². The van der Waals surface area contributed by atoms with E-state index >= 15 is 0 Å². The van der Waals surface area contributed by atoms with E-state index in [0.717, 1.165) is 5.56 Å². The van der Waals surface area contributed by atoms with Gasteiger partial charge in [0.05, 0.1) is 29.2 Å². The molecule has 22 heavy (non-hydrogen) atoms. The van der Waals surface area contributed by atoms with Gasteiger partial charge in [-0.1, -0.05) is 29.3 Å². The van der Waals surface area contributed by atoms with Crippen LogP contribution in [0.4, 0.5) is 0 Å². The number of benzene rings is 1. The summed E-state index contributed by atoms with van der Waals surface area (Å²) in [6.45, 7) is 0. The zero-order chi connectivity index (χ0) is 16.0. The van der Waals surface area contributed by atoms with E-state index in [1.165, 1.54) is 7.11 Å². The lowest BCUT2D eigenvalue weighted by Gasteiger charge is -2.41. The van der Waals surface area contributed by atoms with Gasteiger partial charge in [-0.3, -0.25) is 9.69 Å². The average molecular weight is 344 g/mol. The second kappa shape index (κ2) is 6.00. The Hall–Kier alpha value is -0.810. The fourth-order valence-corrected chi connectivity index (χ4v) is 4.34. The lowest BCUT2D eigenvalue weighted by atomic mass is 9.76. The maximum absolute atomic E-state index is 12.4. The highest BCUT2D eigenvalue weighted by atomic mass is 35.5. The van der Waals surface area contributed by atoms with E-state index in [2.05, 4.69) is 4.90 Å². The van der Waals surface area contributed by atoms with Crippen LogP contribution in [0.25, 0.3) is 0 Å². The van der Waals surface area contributed by atoms with Gasteiger partial charge in [-0.25, -0.2) is 0 Å². The number of piperidine rings is 1. The normalized spacial score (nSPS) is 34.7. The molecule has 2 heterocycles. The van der Waals surface area contributed by atoms with Crippen LogP contribution >= 0.6 is 23.2 Å². The van der Waals surface area contributed by atoms with E-state index in [1.54, 1.807) is 6.07 Å². The number of carbonyl (C=O) groups is 1. The van der Waals surface area contributed by atoms with Gasteiger partial charge in [-0.2, -0.15) is 0 Å². The zero-order valence-corrected chi connectivity index (χ0v) is 14.0. The smallest absolute Gasteiger partial charge is 0.310 e. The molecule has 3 rings (SSSR count). The number of halogens is 2. The summed E-state index contributed by atoms with van der Waals surface area (Å²) in [4.78, 5) is 14.5. The number of nitrogens with zero attached hydrogens (tertiary/aromatic N) is 1. The first-order valence-electron chi connectivity index (χ1n) is 7.36. The Labute approximate surface area is 140 Å². The van der Waals surface area contributed by atoms with Crippen LogP contribution in [0.2, 0.25) is 10.0 Å². The molecule has 0 aliphatic carbocycles. The standard InChI is InChI=1S/C16H19Cl2NO3/c1-19-12-6-9(8-3-4-10(17)11(18)5-8)15(16(21)22-2)13(19)7-14(12)20/h3-5,9,12-15,20H,6-7H2,1-2H3/t9-,12-,13-,14+,15+/m1/s1. The summed E-state index contributed by atoms with van der Waals surface area (Å²) in [5.41, 5.74) is 0.974. The zero-order valence-electron chi connectivity index (χ0n) is 12.5. The number of aliphatic hydroxyl groups excluding tert-OH is 1. The van der Waals surface area contributed by atoms with Gasteiger partial charge in [-0.05, 0) is 37.6 Å². The van der Waals surface area contributed by atoms with Crippen LogP contribution in [0, 0.1) is 5.92 Å². The molecule has 0 amide bonds. The molecule has 1 aromatic carbocycles.